The Balaban J connectivity index is 2.47. The lowest BCUT2D eigenvalue weighted by Crippen LogP contribution is -1.84. The molecule has 0 fully saturated rings. The quantitative estimate of drug-likeness (QED) is 0.732. The first-order valence-corrected chi connectivity index (χ1v) is 6.30. The maximum absolute atomic E-state index is 5.80. The van der Waals surface area contributed by atoms with E-state index in [9.17, 15) is 0 Å². The molecule has 0 amide bonds. The molecule has 0 bridgehead atoms. The first-order chi connectivity index (χ1) is 7.35. The summed E-state index contributed by atoms with van der Waals surface area (Å²) in [7, 11) is 0. The number of nitrogens with zero attached hydrogens (tertiary/aromatic N) is 1. The zero-order chi connectivity index (χ0) is 10.7. The molecule has 0 aliphatic rings. The van der Waals surface area contributed by atoms with Gasteiger partial charge in [0.2, 0.25) is 0 Å². The van der Waals surface area contributed by atoms with E-state index >= 15 is 0 Å². The number of rotatable bonds is 3. The molecule has 2 rings (SSSR count). The molecule has 0 unspecified atom stereocenters. The second-order valence-corrected chi connectivity index (χ2v) is 4.59. The number of aromatic nitrogens is 1. The third-order valence-electron chi connectivity index (χ3n) is 2.23. The van der Waals surface area contributed by atoms with Crippen LogP contribution in [-0.4, -0.2) is 4.98 Å². The summed E-state index contributed by atoms with van der Waals surface area (Å²) < 4.78 is 0. The Kier molecular flexibility index (Phi) is 3.39. The Morgan fingerprint density at radius 2 is 2.00 bits per heavy atom. The van der Waals surface area contributed by atoms with E-state index in [1.165, 1.54) is 10.4 Å². The second-order valence-electron chi connectivity index (χ2n) is 3.24. The summed E-state index contributed by atoms with van der Waals surface area (Å²) in [5.41, 5.74) is 2.39. The van der Waals surface area contributed by atoms with Gasteiger partial charge in [0.05, 0.1) is 16.5 Å². The third-order valence-corrected chi connectivity index (χ3v) is 3.79. The summed E-state index contributed by atoms with van der Waals surface area (Å²) in [5, 5.41) is 1.01. The minimum atomic E-state index is 0.504. The summed E-state index contributed by atoms with van der Waals surface area (Å²) in [5.74, 6) is 0.504. The highest BCUT2D eigenvalue weighted by Gasteiger charge is 2.10. The van der Waals surface area contributed by atoms with Gasteiger partial charge in [-0.2, -0.15) is 0 Å². The SMILES string of the molecule is CCc1nc(CCl)sc1-c1ccccc1. The van der Waals surface area contributed by atoms with E-state index in [1.54, 1.807) is 11.3 Å². The van der Waals surface area contributed by atoms with Crippen molar-refractivity contribution in [1.29, 1.82) is 0 Å². The van der Waals surface area contributed by atoms with E-state index in [4.69, 9.17) is 11.6 Å². The van der Waals surface area contributed by atoms with Crippen LogP contribution >= 0.6 is 22.9 Å². The van der Waals surface area contributed by atoms with Gasteiger partial charge in [-0.1, -0.05) is 37.3 Å². The van der Waals surface area contributed by atoms with Crippen LogP contribution in [-0.2, 0) is 12.3 Å². The van der Waals surface area contributed by atoms with E-state index in [2.05, 4.69) is 36.2 Å². The van der Waals surface area contributed by atoms with Gasteiger partial charge in [-0.15, -0.1) is 22.9 Å². The largest absolute Gasteiger partial charge is 0.244 e. The normalized spacial score (nSPS) is 10.5. The Hall–Kier alpha value is -0.860. The zero-order valence-electron chi connectivity index (χ0n) is 8.53. The molecule has 1 aromatic carbocycles. The molecular formula is C12H12ClNS. The van der Waals surface area contributed by atoms with E-state index in [1.807, 2.05) is 6.07 Å². The molecule has 0 radical (unpaired) electrons. The van der Waals surface area contributed by atoms with Crippen LogP contribution in [0.1, 0.15) is 17.6 Å². The molecule has 1 aromatic heterocycles. The fraction of sp³-hybridized carbons (Fsp3) is 0.250. The van der Waals surface area contributed by atoms with Crippen LogP contribution < -0.4 is 0 Å². The van der Waals surface area contributed by atoms with Crippen molar-refractivity contribution in [2.45, 2.75) is 19.2 Å². The van der Waals surface area contributed by atoms with Crippen molar-refractivity contribution in [3.05, 3.63) is 41.0 Å². The Labute approximate surface area is 98.7 Å². The standard InChI is InChI=1S/C12H12ClNS/c1-2-10-12(15-11(8-13)14-10)9-6-4-3-5-7-9/h3-7H,2,8H2,1H3. The van der Waals surface area contributed by atoms with Gasteiger partial charge in [0.15, 0.2) is 0 Å². The smallest absolute Gasteiger partial charge is 0.108 e. The second kappa shape index (κ2) is 4.77. The van der Waals surface area contributed by atoms with E-state index in [0.717, 1.165) is 17.1 Å². The van der Waals surface area contributed by atoms with Crippen LogP contribution in [0.15, 0.2) is 30.3 Å². The van der Waals surface area contributed by atoms with Crippen LogP contribution in [0, 0.1) is 0 Å². The molecule has 78 valence electrons. The molecule has 0 saturated heterocycles. The van der Waals surface area contributed by atoms with Gasteiger partial charge >= 0.3 is 0 Å². The molecule has 3 heteroatoms. The van der Waals surface area contributed by atoms with Gasteiger partial charge < -0.3 is 0 Å². The van der Waals surface area contributed by atoms with Crippen molar-refractivity contribution in [3.8, 4) is 10.4 Å². The van der Waals surface area contributed by atoms with Crippen LogP contribution in [0.3, 0.4) is 0 Å². The highest BCUT2D eigenvalue weighted by Crippen LogP contribution is 2.31. The zero-order valence-corrected chi connectivity index (χ0v) is 10.1. The molecule has 0 spiro atoms. The number of aryl methyl sites for hydroxylation is 1. The molecule has 0 saturated carbocycles. The van der Waals surface area contributed by atoms with Crippen molar-refractivity contribution in [3.63, 3.8) is 0 Å². The Bertz CT molecular complexity index is 436. The summed E-state index contributed by atoms with van der Waals surface area (Å²) in [6, 6.07) is 10.4. The predicted molar refractivity (Wildman–Crippen MR) is 66.5 cm³/mol. The van der Waals surface area contributed by atoms with Gasteiger partial charge in [-0.3, -0.25) is 0 Å². The highest BCUT2D eigenvalue weighted by molar-refractivity contribution is 7.15. The molecule has 0 N–H and O–H groups in total. The number of benzene rings is 1. The summed E-state index contributed by atoms with van der Waals surface area (Å²) in [6.45, 7) is 2.12. The van der Waals surface area contributed by atoms with Crippen LogP contribution in [0.4, 0.5) is 0 Å². The lowest BCUT2D eigenvalue weighted by Gasteiger charge is -1.98. The van der Waals surface area contributed by atoms with Crippen LogP contribution in [0.5, 0.6) is 0 Å². The lowest BCUT2D eigenvalue weighted by molar-refractivity contribution is 1.04. The summed E-state index contributed by atoms with van der Waals surface area (Å²) >= 11 is 7.50. The maximum Gasteiger partial charge on any atom is 0.108 e. The Morgan fingerprint density at radius 1 is 1.27 bits per heavy atom. The van der Waals surface area contributed by atoms with Gasteiger partial charge in [0.25, 0.3) is 0 Å². The number of thiazole rings is 1. The fourth-order valence-electron chi connectivity index (χ4n) is 1.51. The topological polar surface area (TPSA) is 12.9 Å². The lowest BCUT2D eigenvalue weighted by atomic mass is 10.1. The Morgan fingerprint density at radius 3 is 2.60 bits per heavy atom. The average Bonchev–Trinajstić information content (AvgIpc) is 2.73. The minimum absolute atomic E-state index is 0.504. The highest BCUT2D eigenvalue weighted by atomic mass is 35.5. The number of hydrogen-bond acceptors (Lipinski definition) is 2. The average molecular weight is 238 g/mol. The summed E-state index contributed by atoms with van der Waals surface area (Å²) in [6.07, 6.45) is 0.956. The number of alkyl halides is 1. The molecular weight excluding hydrogens is 226 g/mol. The summed E-state index contributed by atoms with van der Waals surface area (Å²) in [4.78, 5) is 5.77. The predicted octanol–water partition coefficient (Wildman–Crippen LogP) is 4.11. The minimum Gasteiger partial charge on any atom is -0.244 e. The van der Waals surface area contributed by atoms with E-state index in [0.29, 0.717) is 5.88 Å². The van der Waals surface area contributed by atoms with E-state index in [-0.39, 0.29) is 0 Å². The van der Waals surface area contributed by atoms with Crippen molar-refractivity contribution in [2.24, 2.45) is 0 Å². The van der Waals surface area contributed by atoms with Crippen molar-refractivity contribution in [2.75, 3.05) is 0 Å². The molecule has 1 heterocycles. The van der Waals surface area contributed by atoms with Crippen molar-refractivity contribution in [1.82, 2.24) is 4.98 Å². The van der Waals surface area contributed by atoms with E-state index < -0.39 is 0 Å². The molecule has 0 aliphatic carbocycles. The first-order valence-electron chi connectivity index (χ1n) is 4.95. The third kappa shape index (κ3) is 2.21. The first kappa shape index (κ1) is 10.7. The molecule has 15 heavy (non-hydrogen) atoms. The molecule has 1 nitrogen and oxygen atoms in total. The van der Waals surface area contributed by atoms with Crippen molar-refractivity contribution >= 4 is 22.9 Å². The van der Waals surface area contributed by atoms with Gasteiger partial charge in [-0.05, 0) is 12.0 Å². The van der Waals surface area contributed by atoms with Gasteiger partial charge in [0.1, 0.15) is 5.01 Å². The maximum atomic E-state index is 5.80. The van der Waals surface area contributed by atoms with Crippen LogP contribution in [0.25, 0.3) is 10.4 Å². The van der Waals surface area contributed by atoms with Gasteiger partial charge in [0, 0.05) is 0 Å². The molecule has 0 atom stereocenters. The van der Waals surface area contributed by atoms with Crippen LogP contribution in [0.2, 0.25) is 0 Å². The number of halogens is 1. The monoisotopic (exact) mass is 237 g/mol. The molecule has 0 aliphatic heterocycles. The van der Waals surface area contributed by atoms with Gasteiger partial charge in [-0.25, -0.2) is 4.98 Å². The molecule has 2 aromatic rings. The van der Waals surface area contributed by atoms with Crippen molar-refractivity contribution < 1.29 is 0 Å². The fourth-order valence-corrected chi connectivity index (χ4v) is 2.74. The number of hydrogen-bond donors (Lipinski definition) is 0.